The third kappa shape index (κ3) is 3.58. The molecule has 6 rings (SSSR count). The van der Waals surface area contributed by atoms with Crippen LogP contribution in [0, 0.1) is 17.8 Å². The van der Waals surface area contributed by atoms with Crippen LogP contribution in [0.5, 0.6) is 5.75 Å². The van der Waals surface area contributed by atoms with Gasteiger partial charge in [-0.3, -0.25) is 4.79 Å². The second-order valence-electron chi connectivity index (χ2n) is 9.70. The standard InChI is InChI=1S/C23H31N3O3/c1-29-19-5-2-4-18(11-19)24-22(28)26-7-3-6-20(26)21(27)25-23-12-15-8-16(13-23)10-17(9-15)14-23/h2,4-5,11,15-17,20H,3,6-10,12-14H2,1H3,(H,24,28)(H,25,27)/t15?,16?,17?,20-,23?/m1/s1. The Morgan fingerprint density at radius 2 is 1.79 bits per heavy atom. The Labute approximate surface area is 172 Å². The van der Waals surface area contributed by atoms with Crippen LogP contribution in [-0.2, 0) is 4.79 Å². The van der Waals surface area contributed by atoms with Gasteiger partial charge in [-0.25, -0.2) is 4.79 Å². The van der Waals surface area contributed by atoms with Crippen molar-refractivity contribution in [3.63, 3.8) is 0 Å². The number of amides is 3. The predicted molar refractivity (Wildman–Crippen MR) is 111 cm³/mol. The highest BCUT2D eigenvalue weighted by atomic mass is 16.5. The smallest absolute Gasteiger partial charge is 0.322 e. The number of urea groups is 1. The summed E-state index contributed by atoms with van der Waals surface area (Å²) in [5, 5.41) is 6.38. The molecule has 4 aliphatic carbocycles. The maximum Gasteiger partial charge on any atom is 0.322 e. The van der Waals surface area contributed by atoms with E-state index >= 15 is 0 Å². The Morgan fingerprint density at radius 3 is 2.45 bits per heavy atom. The molecule has 0 unspecified atom stereocenters. The third-order valence-corrected chi connectivity index (χ3v) is 7.56. The summed E-state index contributed by atoms with van der Waals surface area (Å²) in [7, 11) is 1.60. The van der Waals surface area contributed by atoms with Gasteiger partial charge in [-0.05, 0) is 81.3 Å². The minimum atomic E-state index is -0.367. The number of nitrogens with zero attached hydrogens (tertiary/aromatic N) is 1. The molecular formula is C23H31N3O3. The third-order valence-electron chi connectivity index (χ3n) is 7.56. The summed E-state index contributed by atoms with van der Waals surface area (Å²) >= 11 is 0. The van der Waals surface area contributed by atoms with Crippen LogP contribution >= 0.6 is 0 Å². The maximum absolute atomic E-state index is 13.2. The fourth-order valence-electron chi connectivity index (χ4n) is 6.79. The van der Waals surface area contributed by atoms with E-state index in [9.17, 15) is 9.59 Å². The van der Waals surface area contributed by atoms with E-state index in [1.807, 2.05) is 18.2 Å². The van der Waals surface area contributed by atoms with Gasteiger partial charge in [0, 0.05) is 23.8 Å². The van der Waals surface area contributed by atoms with Crippen LogP contribution < -0.4 is 15.4 Å². The topological polar surface area (TPSA) is 70.7 Å². The average Bonchev–Trinajstić information content (AvgIpc) is 3.17. The van der Waals surface area contributed by atoms with Crippen LogP contribution in [0.15, 0.2) is 24.3 Å². The van der Waals surface area contributed by atoms with E-state index in [-0.39, 0.29) is 23.5 Å². The van der Waals surface area contributed by atoms with Crippen molar-refractivity contribution < 1.29 is 14.3 Å². The number of nitrogens with one attached hydrogen (secondary N) is 2. The number of anilines is 1. The van der Waals surface area contributed by atoms with Crippen molar-refractivity contribution in [1.82, 2.24) is 10.2 Å². The van der Waals surface area contributed by atoms with E-state index in [1.54, 1.807) is 18.1 Å². The van der Waals surface area contributed by atoms with Gasteiger partial charge >= 0.3 is 6.03 Å². The molecule has 2 N–H and O–H groups in total. The summed E-state index contributed by atoms with van der Waals surface area (Å²) in [5.74, 6) is 3.11. The first-order valence-corrected chi connectivity index (χ1v) is 11.1. The summed E-state index contributed by atoms with van der Waals surface area (Å²) in [6.45, 7) is 0.620. The summed E-state index contributed by atoms with van der Waals surface area (Å²) in [5.41, 5.74) is 0.671. The molecule has 3 amide bonds. The molecule has 0 aromatic heterocycles. The van der Waals surface area contributed by atoms with Gasteiger partial charge in [-0.15, -0.1) is 0 Å². The Kier molecular flexibility index (Phi) is 4.67. The number of likely N-dealkylation sites (tertiary alicyclic amines) is 1. The second kappa shape index (κ2) is 7.22. The van der Waals surface area contributed by atoms with Crippen molar-refractivity contribution in [1.29, 1.82) is 0 Å². The molecular weight excluding hydrogens is 366 g/mol. The monoisotopic (exact) mass is 397 g/mol. The van der Waals surface area contributed by atoms with Crippen LogP contribution in [0.3, 0.4) is 0 Å². The Morgan fingerprint density at radius 1 is 1.10 bits per heavy atom. The Hall–Kier alpha value is -2.24. The molecule has 1 aromatic rings. The SMILES string of the molecule is COc1cccc(NC(=O)N2CCC[C@@H]2C(=O)NC23CC4CC(CC(C4)C2)C3)c1. The Bertz CT molecular complexity index is 773. The normalized spacial score (nSPS) is 34.9. The molecule has 1 saturated heterocycles. The average molecular weight is 398 g/mol. The van der Waals surface area contributed by atoms with E-state index < -0.39 is 0 Å². The summed E-state index contributed by atoms with van der Waals surface area (Å²) in [6.07, 6.45) is 9.07. The molecule has 5 aliphatic rings. The zero-order valence-corrected chi connectivity index (χ0v) is 17.2. The van der Waals surface area contributed by atoms with Crippen molar-refractivity contribution in [2.24, 2.45) is 17.8 Å². The first-order valence-electron chi connectivity index (χ1n) is 11.1. The highest BCUT2D eigenvalue weighted by Gasteiger charge is 2.52. The fraction of sp³-hybridized carbons (Fsp3) is 0.652. The first kappa shape index (κ1) is 18.8. The van der Waals surface area contributed by atoms with E-state index in [0.717, 1.165) is 49.9 Å². The molecule has 0 spiro atoms. The first-order chi connectivity index (χ1) is 14.0. The van der Waals surface area contributed by atoms with Gasteiger partial charge in [0.1, 0.15) is 11.8 Å². The van der Waals surface area contributed by atoms with Crippen LogP contribution in [0.4, 0.5) is 10.5 Å². The molecule has 5 fully saturated rings. The summed E-state index contributed by atoms with van der Waals surface area (Å²) < 4.78 is 5.23. The minimum Gasteiger partial charge on any atom is -0.497 e. The molecule has 1 aliphatic heterocycles. The van der Waals surface area contributed by atoms with Crippen LogP contribution in [0.1, 0.15) is 51.4 Å². The Balaban J connectivity index is 1.25. The molecule has 4 saturated carbocycles. The quantitative estimate of drug-likeness (QED) is 0.812. The van der Waals surface area contributed by atoms with Gasteiger partial charge in [0.05, 0.1) is 7.11 Å². The van der Waals surface area contributed by atoms with Crippen LogP contribution in [0.2, 0.25) is 0 Å². The van der Waals surface area contributed by atoms with E-state index in [4.69, 9.17) is 4.74 Å². The zero-order chi connectivity index (χ0) is 20.0. The van der Waals surface area contributed by atoms with Gasteiger partial charge in [0.15, 0.2) is 0 Å². The van der Waals surface area contributed by atoms with Crippen molar-refractivity contribution in [2.45, 2.75) is 62.9 Å². The number of hydrogen-bond acceptors (Lipinski definition) is 3. The van der Waals surface area contributed by atoms with E-state index in [1.165, 1.54) is 19.3 Å². The van der Waals surface area contributed by atoms with E-state index in [2.05, 4.69) is 10.6 Å². The highest BCUT2D eigenvalue weighted by Crippen LogP contribution is 2.55. The van der Waals surface area contributed by atoms with Crippen molar-refractivity contribution in [3.05, 3.63) is 24.3 Å². The summed E-state index contributed by atoms with van der Waals surface area (Å²) in [4.78, 5) is 27.8. The lowest BCUT2D eigenvalue weighted by Gasteiger charge is -2.57. The van der Waals surface area contributed by atoms with Gasteiger partial charge in [0.2, 0.25) is 5.91 Å². The number of rotatable bonds is 4. The molecule has 29 heavy (non-hydrogen) atoms. The van der Waals surface area contributed by atoms with Crippen molar-refractivity contribution >= 4 is 17.6 Å². The lowest BCUT2D eigenvalue weighted by Crippen LogP contribution is -2.62. The number of methoxy groups -OCH3 is 1. The van der Waals surface area contributed by atoms with Gasteiger partial charge < -0.3 is 20.3 Å². The molecule has 4 bridgehead atoms. The van der Waals surface area contributed by atoms with Gasteiger partial charge in [-0.1, -0.05) is 6.07 Å². The highest BCUT2D eigenvalue weighted by molar-refractivity contribution is 5.94. The lowest BCUT2D eigenvalue weighted by atomic mass is 9.53. The molecule has 0 radical (unpaired) electrons. The number of carbonyl (C=O) groups excluding carboxylic acids is 2. The van der Waals surface area contributed by atoms with Crippen molar-refractivity contribution in [3.8, 4) is 5.75 Å². The molecule has 1 atom stereocenters. The van der Waals surface area contributed by atoms with E-state index in [0.29, 0.717) is 18.0 Å². The van der Waals surface area contributed by atoms with Crippen molar-refractivity contribution in [2.75, 3.05) is 19.0 Å². The number of carbonyl (C=O) groups is 2. The molecule has 1 aromatic carbocycles. The molecule has 6 heteroatoms. The van der Waals surface area contributed by atoms with Crippen LogP contribution in [0.25, 0.3) is 0 Å². The number of ether oxygens (including phenoxy) is 1. The minimum absolute atomic E-state index is 0.0105. The largest absolute Gasteiger partial charge is 0.497 e. The van der Waals surface area contributed by atoms with Gasteiger partial charge in [-0.2, -0.15) is 0 Å². The second-order valence-corrected chi connectivity index (χ2v) is 9.70. The number of benzene rings is 1. The fourth-order valence-corrected chi connectivity index (χ4v) is 6.79. The van der Waals surface area contributed by atoms with Gasteiger partial charge in [0.25, 0.3) is 0 Å². The summed E-state index contributed by atoms with van der Waals surface area (Å²) in [6, 6.07) is 6.73. The zero-order valence-electron chi connectivity index (χ0n) is 17.2. The molecule has 6 nitrogen and oxygen atoms in total. The van der Waals surface area contributed by atoms with Crippen LogP contribution in [-0.4, -0.2) is 42.1 Å². The predicted octanol–water partition coefficient (Wildman–Crippen LogP) is 3.78. The molecule has 1 heterocycles. The lowest BCUT2D eigenvalue weighted by molar-refractivity contribution is -0.130. The molecule has 156 valence electrons. The maximum atomic E-state index is 13.2. The number of hydrogen-bond donors (Lipinski definition) is 2.